The lowest BCUT2D eigenvalue weighted by Crippen LogP contribution is -2.50. The van der Waals surface area contributed by atoms with Crippen LogP contribution >= 0.6 is 11.6 Å². The van der Waals surface area contributed by atoms with Gasteiger partial charge in [-0.25, -0.2) is 12.7 Å². The minimum Gasteiger partial charge on any atom is -0.295 e. The molecule has 1 aliphatic carbocycles. The Morgan fingerprint density at radius 2 is 1.83 bits per heavy atom. The molecule has 2 atom stereocenters. The van der Waals surface area contributed by atoms with Gasteiger partial charge in [0.25, 0.3) is 15.9 Å². The van der Waals surface area contributed by atoms with Crippen LogP contribution < -0.4 is 0 Å². The molecule has 1 aliphatic heterocycles. The van der Waals surface area contributed by atoms with E-state index in [-0.39, 0.29) is 22.7 Å². The fourth-order valence-corrected chi connectivity index (χ4v) is 5.99. The molecule has 0 aromatic heterocycles. The lowest BCUT2D eigenvalue weighted by atomic mass is 9.72. The molecule has 148 valence electrons. The Hall–Kier alpha value is -2.70. The second-order valence-corrected chi connectivity index (χ2v) is 9.53. The third-order valence-corrected chi connectivity index (χ3v) is 7.57. The zero-order valence-electron chi connectivity index (χ0n) is 15.6. The molecule has 1 saturated heterocycles. The maximum Gasteiger partial charge on any atom is 0.267 e. The highest BCUT2D eigenvalue weighted by Gasteiger charge is 2.61. The van der Waals surface area contributed by atoms with Crippen molar-refractivity contribution in [1.29, 1.82) is 0 Å². The first-order valence-corrected chi connectivity index (χ1v) is 10.8. The highest BCUT2D eigenvalue weighted by atomic mass is 35.5. The van der Waals surface area contributed by atoms with Crippen LogP contribution in [0.1, 0.15) is 17.5 Å². The average Bonchev–Trinajstić information content (AvgIpc) is 2.91. The summed E-state index contributed by atoms with van der Waals surface area (Å²) in [5, 5.41) is 0.401. The van der Waals surface area contributed by atoms with E-state index in [0.29, 0.717) is 10.6 Å². The average molecular weight is 428 g/mol. The van der Waals surface area contributed by atoms with Gasteiger partial charge in [-0.15, -0.1) is 0 Å². The fourth-order valence-electron chi connectivity index (χ4n) is 4.08. The van der Waals surface area contributed by atoms with Crippen molar-refractivity contribution in [2.75, 3.05) is 0 Å². The van der Waals surface area contributed by atoms with Gasteiger partial charge in [-0.2, -0.15) is 0 Å². The Morgan fingerprint density at radius 1 is 1.14 bits per heavy atom. The summed E-state index contributed by atoms with van der Waals surface area (Å²) >= 11 is 6.18. The summed E-state index contributed by atoms with van der Waals surface area (Å²) < 4.78 is 28.1. The van der Waals surface area contributed by atoms with E-state index in [1.165, 1.54) is 24.3 Å². The molecule has 2 aromatic rings. The molecular formula is C22H18ClNO4S. The second-order valence-electron chi connectivity index (χ2n) is 7.30. The quantitative estimate of drug-likeness (QED) is 0.699. The van der Waals surface area contributed by atoms with E-state index in [2.05, 4.69) is 6.58 Å². The minimum atomic E-state index is -4.23. The molecule has 0 saturated carbocycles. The zero-order valence-corrected chi connectivity index (χ0v) is 17.2. The number of halogens is 1. The van der Waals surface area contributed by atoms with Crippen molar-refractivity contribution >= 4 is 33.3 Å². The molecule has 4 rings (SSSR count). The van der Waals surface area contributed by atoms with Crippen molar-refractivity contribution in [2.24, 2.45) is 5.92 Å². The van der Waals surface area contributed by atoms with Gasteiger partial charge in [0.05, 0.1) is 4.90 Å². The Morgan fingerprint density at radius 3 is 2.48 bits per heavy atom. The minimum absolute atomic E-state index is 0.00315. The number of carbonyl (C=O) groups excluding carboxylic acids is 2. The fraction of sp³-hybridized carbons (Fsp3) is 0.182. The summed E-state index contributed by atoms with van der Waals surface area (Å²) in [6.45, 7) is 5.69. The van der Waals surface area contributed by atoms with E-state index in [0.717, 1.165) is 9.87 Å². The van der Waals surface area contributed by atoms with E-state index in [4.69, 9.17) is 11.6 Å². The number of aryl methyl sites for hydroxylation is 1. The number of amides is 1. The number of hydrogen-bond donors (Lipinski definition) is 0. The Bertz CT molecular complexity index is 1180. The van der Waals surface area contributed by atoms with Crippen molar-refractivity contribution in [2.45, 2.75) is 23.8 Å². The highest BCUT2D eigenvalue weighted by Crippen LogP contribution is 2.53. The summed E-state index contributed by atoms with van der Waals surface area (Å²) in [5.41, 5.74) is 0.114. The molecule has 0 bridgehead atoms. The van der Waals surface area contributed by atoms with Crippen LogP contribution in [-0.4, -0.2) is 24.4 Å². The van der Waals surface area contributed by atoms with Crippen molar-refractivity contribution in [3.63, 3.8) is 0 Å². The topological polar surface area (TPSA) is 71.5 Å². The van der Waals surface area contributed by atoms with Crippen LogP contribution in [0.2, 0.25) is 5.02 Å². The molecule has 1 amide bonds. The first-order chi connectivity index (χ1) is 13.7. The lowest BCUT2D eigenvalue weighted by molar-refractivity contribution is -0.123. The summed E-state index contributed by atoms with van der Waals surface area (Å²) in [4.78, 5) is 25.3. The molecule has 0 spiro atoms. The number of ketones is 1. The molecule has 2 aromatic carbocycles. The largest absolute Gasteiger partial charge is 0.295 e. The van der Waals surface area contributed by atoms with Gasteiger partial charge in [-0.1, -0.05) is 48.0 Å². The smallest absolute Gasteiger partial charge is 0.267 e. The molecule has 1 unspecified atom stereocenters. The molecule has 7 heteroatoms. The van der Waals surface area contributed by atoms with Crippen molar-refractivity contribution < 1.29 is 18.0 Å². The highest BCUT2D eigenvalue weighted by molar-refractivity contribution is 7.89. The number of rotatable bonds is 3. The van der Waals surface area contributed by atoms with Gasteiger partial charge in [0, 0.05) is 22.9 Å². The second kappa shape index (κ2) is 6.68. The van der Waals surface area contributed by atoms with E-state index in [1.807, 2.05) is 6.92 Å². The van der Waals surface area contributed by atoms with Crippen molar-refractivity contribution in [3.05, 3.63) is 89.0 Å². The van der Waals surface area contributed by atoms with Gasteiger partial charge in [0.1, 0.15) is 5.54 Å². The Balaban J connectivity index is 2.02. The van der Waals surface area contributed by atoms with E-state index in [1.54, 1.807) is 36.4 Å². The van der Waals surface area contributed by atoms with Gasteiger partial charge in [0.2, 0.25) is 0 Å². The van der Waals surface area contributed by atoms with Crippen molar-refractivity contribution in [3.8, 4) is 0 Å². The molecule has 0 radical (unpaired) electrons. The first kappa shape index (κ1) is 19.6. The van der Waals surface area contributed by atoms with Crippen LogP contribution in [0, 0.1) is 12.8 Å². The van der Waals surface area contributed by atoms with Gasteiger partial charge < -0.3 is 0 Å². The maximum absolute atomic E-state index is 13.6. The van der Waals surface area contributed by atoms with Gasteiger partial charge in [-0.3, -0.25) is 9.59 Å². The van der Waals surface area contributed by atoms with Crippen LogP contribution in [0.15, 0.2) is 77.7 Å². The summed E-state index contributed by atoms with van der Waals surface area (Å²) in [5.74, 6) is -1.60. The SMILES string of the molecule is C=C1C(=O)N(S(=O)(=O)c2ccc(C)cc2)[C@]2(c3cccc(Cl)c3)C=CC(=O)CC12. The maximum atomic E-state index is 13.6. The molecule has 5 nitrogen and oxygen atoms in total. The van der Waals surface area contributed by atoms with E-state index < -0.39 is 27.4 Å². The van der Waals surface area contributed by atoms with Crippen LogP contribution in [0.3, 0.4) is 0 Å². The normalized spacial score (nSPS) is 24.1. The van der Waals surface area contributed by atoms with Gasteiger partial charge in [-0.05, 0) is 48.9 Å². The molecule has 1 heterocycles. The number of sulfonamides is 1. The summed E-state index contributed by atoms with van der Waals surface area (Å²) in [6.07, 6.45) is 2.82. The van der Waals surface area contributed by atoms with Crippen LogP contribution in [0.25, 0.3) is 0 Å². The van der Waals surface area contributed by atoms with Crippen molar-refractivity contribution in [1.82, 2.24) is 4.31 Å². The van der Waals surface area contributed by atoms with Crippen LogP contribution in [0.4, 0.5) is 0 Å². The monoisotopic (exact) mass is 427 g/mol. The van der Waals surface area contributed by atoms with E-state index >= 15 is 0 Å². The molecular weight excluding hydrogens is 410 g/mol. The predicted molar refractivity (Wildman–Crippen MR) is 110 cm³/mol. The van der Waals surface area contributed by atoms with Gasteiger partial charge >= 0.3 is 0 Å². The first-order valence-electron chi connectivity index (χ1n) is 9.01. The predicted octanol–water partition coefficient (Wildman–Crippen LogP) is 3.78. The van der Waals surface area contributed by atoms with Crippen LogP contribution in [-0.2, 0) is 25.2 Å². The van der Waals surface area contributed by atoms with Gasteiger partial charge in [0.15, 0.2) is 5.78 Å². The third-order valence-electron chi connectivity index (χ3n) is 5.52. The Kier molecular flexibility index (Phi) is 4.52. The molecule has 2 aliphatic rings. The number of hydrogen-bond acceptors (Lipinski definition) is 4. The standard InChI is InChI=1S/C22H18ClNO4S/c1-14-6-8-19(9-7-14)29(27,28)24-21(26)15(2)20-13-18(25)10-11-22(20,24)16-4-3-5-17(23)12-16/h3-12,20H,2,13H2,1H3/t20?,22-/m0/s1. The molecule has 1 fully saturated rings. The zero-order chi connectivity index (χ0) is 21.0. The summed E-state index contributed by atoms with van der Waals surface area (Å²) in [7, 11) is -4.23. The number of allylic oxidation sites excluding steroid dienone is 1. The lowest BCUT2D eigenvalue weighted by Gasteiger charge is -2.40. The van der Waals surface area contributed by atoms with E-state index in [9.17, 15) is 18.0 Å². The van der Waals surface area contributed by atoms with Crippen LogP contribution in [0.5, 0.6) is 0 Å². The number of fused-ring (bicyclic) bond motifs is 1. The third kappa shape index (κ3) is 2.86. The number of benzene rings is 2. The summed E-state index contributed by atoms with van der Waals surface area (Å²) in [6, 6.07) is 13.0. The number of carbonyl (C=O) groups is 2. The number of nitrogens with zero attached hydrogens (tertiary/aromatic N) is 1. The Labute approximate surface area is 174 Å². The molecule has 29 heavy (non-hydrogen) atoms. The molecule has 0 N–H and O–H groups in total.